The molecule has 1 heterocycles. The van der Waals surface area contributed by atoms with Gasteiger partial charge in [0.05, 0.1) is 26.0 Å². The number of ether oxygens (including phenoxy) is 1. The van der Waals surface area contributed by atoms with Gasteiger partial charge in [-0.2, -0.15) is 5.10 Å². The number of carbonyl (C=O) groups is 1. The number of hydrazone groups is 1. The van der Waals surface area contributed by atoms with Gasteiger partial charge in [0.1, 0.15) is 0 Å². The van der Waals surface area contributed by atoms with Crippen LogP contribution in [-0.4, -0.2) is 49.9 Å². The third-order valence-electron chi connectivity index (χ3n) is 2.72. The van der Waals surface area contributed by atoms with Crippen molar-refractivity contribution in [1.82, 2.24) is 10.3 Å². The van der Waals surface area contributed by atoms with Crippen molar-refractivity contribution in [3.05, 3.63) is 34.9 Å². The first-order valence-corrected chi connectivity index (χ1v) is 6.49. The Hall–Kier alpha value is -1.43. The maximum atomic E-state index is 11.6. The lowest BCUT2D eigenvalue weighted by Gasteiger charge is -2.25. The van der Waals surface area contributed by atoms with Crippen molar-refractivity contribution in [1.29, 1.82) is 0 Å². The number of hydrogen-bond donors (Lipinski definition) is 1. The summed E-state index contributed by atoms with van der Waals surface area (Å²) in [5.74, 6) is -0.125. The fourth-order valence-corrected chi connectivity index (χ4v) is 1.96. The molecule has 6 heteroatoms. The van der Waals surface area contributed by atoms with Crippen LogP contribution in [0.2, 0.25) is 5.02 Å². The number of morpholine rings is 1. The lowest BCUT2D eigenvalue weighted by atomic mass is 10.2. The quantitative estimate of drug-likeness (QED) is 0.665. The van der Waals surface area contributed by atoms with E-state index in [4.69, 9.17) is 16.3 Å². The van der Waals surface area contributed by atoms with Crippen molar-refractivity contribution in [2.24, 2.45) is 5.10 Å². The first kappa shape index (κ1) is 14.0. The summed E-state index contributed by atoms with van der Waals surface area (Å²) < 4.78 is 5.22. The highest BCUT2D eigenvalue weighted by Crippen LogP contribution is 2.08. The van der Waals surface area contributed by atoms with Gasteiger partial charge in [0.2, 0.25) is 0 Å². The Kier molecular flexibility index (Phi) is 5.32. The fourth-order valence-electron chi connectivity index (χ4n) is 1.76. The highest BCUT2D eigenvalue weighted by atomic mass is 35.5. The Bertz CT molecular complexity index is 459. The second kappa shape index (κ2) is 7.23. The molecule has 0 atom stereocenters. The number of benzene rings is 1. The van der Waals surface area contributed by atoms with Crippen LogP contribution in [0.3, 0.4) is 0 Å². The van der Waals surface area contributed by atoms with E-state index in [9.17, 15) is 4.79 Å². The Morgan fingerprint density at radius 1 is 1.47 bits per heavy atom. The Morgan fingerprint density at radius 3 is 3.00 bits per heavy atom. The van der Waals surface area contributed by atoms with Crippen molar-refractivity contribution in [3.8, 4) is 0 Å². The number of nitrogens with one attached hydrogen (secondary N) is 1. The summed E-state index contributed by atoms with van der Waals surface area (Å²) in [5.41, 5.74) is 3.35. The van der Waals surface area contributed by atoms with Crippen LogP contribution < -0.4 is 5.43 Å². The molecule has 0 aromatic heterocycles. The van der Waals surface area contributed by atoms with Crippen LogP contribution in [0.1, 0.15) is 5.56 Å². The normalized spacial score (nSPS) is 16.7. The minimum absolute atomic E-state index is 0.125. The first-order chi connectivity index (χ1) is 9.24. The van der Waals surface area contributed by atoms with Crippen molar-refractivity contribution in [3.63, 3.8) is 0 Å². The second-order valence-electron chi connectivity index (χ2n) is 4.24. The van der Waals surface area contributed by atoms with Crippen molar-refractivity contribution in [2.45, 2.75) is 0 Å². The van der Waals surface area contributed by atoms with Gasteiger partial charge < -0.3 is 4.74 Å². The maximum absolute atomic E-state index is 11.6. The Labute approximate surface area is 117 Å². The zero-order valence-corrected chi connectivity index (χ0v) is 11.3. The van der Waals surface area contributed by atoms with Gasteiger partial charge in [-0.05, 0) is 17.7 Å². The van der Waals surface area contributed by atoms with Gasteiger partial charge in [0.25, 0.3) is 5.91 Å². The van der Waals surface area contributed by atoms with Gasteiger partial charge in [0, 0.05) is 18.1 Å². The Morgan fingerprint density at radius 2 is 2.26 bits per heavy atom. The molecule has 0 unspecified atom stereocenters. The monoisotopic (exact) mass is 281 g/mol. The Balaban J connectivity index is 1.76. The molecule has 5 nitrogen and oxygen atoms in total. The molecule has 0 spiro atoms. The summed E-state index contributed by atoms with van der Waals surface area (Å²) in [6.07, 6.45) is 1.57. The number of halogens is 1. The second-order valence-corrected chi connectivity index (χ2v) is 4.67. The van der Waals surface area contributed by atoms with E-state index in [0.29, 0.717) is 24.8 Å². The third kappa shape index (κ3) is 4.98. The molecule has 2 rings (SSSR count). The third-order valence-corrected chi connectivity index (χ3v) is 2.96. The van der Waals surface area contributed by atoms with E-state index in [-0.39, 0.29) is 5.91 Å². The minimum atomic E-state index is -0.125. The molecular formula is C13H16ClN3O2. The van der Waals surface area contributed by atoms with Gasteiger partial charge in [-0.3, -0.25) is 9.69 Å². The van der Waals surface area contributed by atoms with Gasteiger partial charge in [-0.25, -0.2) is 5.43 Å². The highest BCUT2D eigenvalue weighted by molar-refractivity contribution is 6.30. The van der Waals surface area contributed by atoms with Crippen molar-refractivity contribution < 1.29 is 9.53 Å². The molecule has 0 saturated carbocycles. The molecule has 1 aliphatic heterocycles. The number of hydrogen-bond acceptors (Lipinski definition) is 4. The molecular weight excluding hydrogens is 266 g/mol. The maximum Gasteiger partial charge on any atom is 0.254 e. The van der Waals surface area contributed by atoms with E-state index in [2.05, 4.69) is 10.5 Å². The van der Waals surface area contributed by atoms with E-state index >= 15 is 0 Å². The van der Waals surface area contributed by atoms with Crippen LogP contribution in [0, 0.1) is 0 Å². The molecule has 0 aliphatic carbocycles. The number of nitrogens with zero attached hydrogens (tertiary/aromatic N) is 2. The molecule has 1 aliphatic rings. The molecule has 1 aromatic rings. The lowest BCUT2D eigenvalue weighted by Crippen LogP contribution is -2.42. The van der Waals surface area contributed by atoms with Crippen molar-refractivity contribution in [2.75, 3.05) is 32.8 Å². The predicted octanol–water partition coefficient (Wildman–Crippen LogP) is 1.12. The molecule has 0 bridgehead atoms. The number of amides is 1. The molecule has 102 valence electrons. The van der Waals surface area contributed by atoms with E-state index < -0.39 is 0 Å². The molecule has 1 amide bonds. The van der Waals surface area contributed by atoms with Crippen LogP contribution >= 0.6 is 11.6 Å². The summed E-state index contributed by atoms with van der Waals surface area (Å²) in [6.45, 7) is 3.27. The summed E-state index contributed by atoms with van der Waals surface area (Å²) in [4.78, 5) is 13.7. The van der Waals surface area contributed by atoms with Crippen LogP contribution in [0.4, 0.5) is 0 Å². The standard InChI is InChI=1S/C13H16ClN3O2/c14-12-3-1-2-11(8-12)9-15-16-13(18)10-17-4-6-19-7-5-17/h1-3,8-9H,4-7,10H2,(H,16,18)/b15-9-. The molecule has 0 radical (unpaired) electrons. The van der Waals surface area contributed by atoms with Crippen LogP contribution in [0.25, 0.3) is 0 Å². The number of rotatable bonds is 4. The van der Waals surface area contributed by atoms with Gasteiger partial charge in [0.15, 0.2) is 0 Å². The molecule has 19 heavy (non-hydrogen) atoms. The molecule has 1 N–H and O–H groups in total. The molecule has 1 saturated heterocycles. The zero-order chi connectivity index (χ0) is 13.5. The predicted molar refractivity (Wildman–Crippen MR) is 74.4 cm³/mol. The summed E-state index contributed by atoms with van der Waals surface area (Å²) in [5, 5.41) is 4.55. The van der Waals surface area contributed by atoms with Gasteiger partial charge in [-0.15, -0.1) is 0 Å². The number of carbonyl (C=O) groups excluding carboxylic acids is 1. The average Bonchev–Trinajstić information content (AvgIpc) is 2.40. The van der Waals surface area contributed by atoms with Gasteiger partial charge >= 0.3 is 0 Å². The largest absolute Gasteiger partial charge is 0.379 e. The molecule has 1 fully saturated rings. The fraction of sp³-hybridized carbons (Fsp3) is 0.385. The topological polar surface area (TPSA) is 53.9 Å². The van der Waals surface area contributed by atoms with Gasteiger partial charge in [-0.1, -0.05) is 23.7 Å². The van der Waals surface area contributed by atoms with Crippen molar-refractivity contribution >= 4 is 23.7 Å². The first-order valence-electron chi connectivity index (χ1n) is 6.11. The summed E-state index contributed by atoms with van der Waals surface area (Å²) in [6, 6.07) is 7.26. The summed E-state index contributed by atoms with van der Waals surface area (Å²) >= 11 is 5.85. The minimum Gasteiger partial charge on any atom is -0.379 e. The smallest absolute Gasteiger partial charge is 0.254 e. The van der Waals surface area contributed by atoms with E-state index in [1.807, 2.05) is 17.0 Å². The van der Waals surface area contributed by atoms with Crippen LogP contribution in [0.15, 0.2) is 29.4 Å². The van der Waals surface area contributed by atoms with Crippen LogP contribution in [-0.2, 0) is 9.53 Å². The SMILES string of the molecule is O=C(CN1CCOCC1)N/N=C\c1cccc(Cl)c1. The van der Waals surface area contributed by atoms with E-state index in [1.165, 1.54) is 0 Å². The highest BCUT2D eigenvalue weighted by Gasteiger charge is 2.13. The zero-order valence-electron chi connectivity index (χ0n) is 10.5. The average molecular weight is 282 g/mol. The van der Waals surface area contributed by atoms with E-state index in [1.54, 1.807) is 18.3 Å². The summed E-state index contributed by atoms with van der Waals surface area (Å²) in [7, 11) is 0. The lowest BCUT2D eigenvalue weighted by molar-refractivity contribution is -0.123. The molecule has 1 aromatic carbocycles. The van der Waals surface area contributed by atoms with Crippen LogP contribution in [0.5, 0.6) is 0 Å². The van der Waals surface area contributed by atoms with E-state index in [0.717, 1.165) is 18.7 Å².